The van der Waals surface area contributed by atoms with E-state index < -0.39 is 97.5 Å². The van der Waals surface area contributed by atoms with Gasteiger partial charge >= 0.3 is 39.5 Å². The SMILES string of the molecule is CCCCCCCCCCCCCCCCCCCC(=O)O[C@H](COC(=O)CCCCCCCCCCCCCCCCC)COP(=O)(O)OC[C@@H](O)COP(=O)(O)OC[C@@H](COC(=O)CCCCCCC)OC(=O)CCCCCCC. The Morgan fingerprint density at radius 2 is 0.488 bits per heavy atom. The van der Waals surface area contributed by atoms with Crippen molar-refractivity contribution in [2.45, 2.75) is 341 Å². The van der Waals surface area contributed by atoms with Crippen LogP contribution in [0.3, 0.4) is 0 Å². The molecule has 0 rings (SSSR count). The van der Waals surface area contributed by atoms with Crippen molar-refractivity contribution in [2.75, 3.05) is 39.6 Å². The highest BCUT2D eigenvalue weighted by molar-refractivity contribution is 7.47. The summed E-state index contributed by atoms with van der Waals surface area (Å²) in [4.78, 5) is 71.7. The summed E-state index contributed by atoms with van der Waals surface area (Å²) in [5.74, 6) is -2.15. The highest BCUT2D eigenvalue weighted by atomic mass is 31.2. The first-order valence-electron chi connectivity index (χ1n) is 33.3. The summed E-state index contributed by atoms with van der Waals surface area (Å²) >= 11 is 0. The molecule has 0 spiro atoms. The molecule has 0 aromatic heterocycles. The van der Waals surface area contributed by atoms with Crippen LogP contribution in [0.1, 0.15) is 323 Å². The molecule has 0 saturated heterocycles. The Labute approximate surface area is 498 Å². The third kappa shape index (κ3) is 57.2. The predicted octanol–water partition coefficient (Wildman–Crippen LogP) is 17.5. The maximum absolute atomic E-state index is 13.0. The molecule has 0 aliphatic carbocycles. The smallest absolute Gasteiger partial charge is 0.462 e. The van der Waals surface area contributed by atoms with Gasteiger partial charge in [-0.15, -0.1) is 0 Å². The highest BCUT2D eigenvalue weighted by Crippen LogP contribution is 2.45. The van der Waals surface area contributed by atoms with Gasteiger partial charge in [0.1, 0.15) is 19.3 Å². The van der Waals surface area contributed by atoms with Crippen LogP contribution in [-0.4, -0.2) is 96.7 Å². The van der Waals surface area contributed by atoms with Crippen LogP contribution in [0.4, 0.5) is 0 Å². The first-order chi connectivity index (χ1) is 39.7. The van der Waals surface area contributed by atoms with Crippen LogP contribution in [0.25, 0.3) is 0 Å². The van der Waals surface area contributed by atoms with Crippen molar-refractivity contribution in [3.63, 3.8) is 0 Å². The van der Waals surface area contributed by atoms with Crippen molar-refractivity contribution < 1.29 is 80.2 Å². The molecule has 19 heteroatoms. The van der Waals surface area contributed by atoms with E-state index in [9.17, 15) is 43.2 Å². The zero-order valence-corrected chi connectivity index (χ0v) is 54.2. The van der Waals surface area contributed by atoms with Crippen molar-refractivity contribution in [3.05, 3.63) is 0 Å². The largest absolute Gasteiger partial charge is 0.472 e. The molecule has 0 radical (unpaired) electrons. The fourth-order valence-electron chi connectivity index (χ4n) is 9.46. The van der Waals surface area contributed by atoms with Crippen molar-refractivity contribution in [2.24, 2.45) is 0 Å². The number of phosphoric ester groups is 2. The Morgan fingerprint density at radius 3 is 0.720 bits per heavy atom. The molecule has 0 aromatic carbocycles. The zero-order chi connectivity index (χ0) is 60.5. The second-order valence-electron chi connectivity index (χ2n) is 22.8. The number of phosphoric acid groups is 2. The lowest BCUT2D eigenvalue weighted by molar-refractivity contribution is -0.161. The Morgan fingerprint density at radius 1 is 0.293 bits per heavy atom. The van der Waals surface area contributed by atoms with Gasteiger partial charge in [0.15, 0.2) is 12.2 Å². The van der Waals surface area contributed by atoms with Gasteiger partial charge in [-0.3, -0.25) is 37.3 Å². The number of ether oxygens (including phenoxy) is 4. The summed E-state index contributed by atoms with van der Waals surface area (Å²) in [6, 6.07) is 0. The molecule has 0 amide bonds. The second kappa shape index (κ2) is 58.1. The lowest BCUT2D eigenvalue weighted by atomic mass is 10.0. The lowest BCUT2D eigenvalue weighted by Crippen LogP contribution is -2.30. The van der Waals surface area contributed by atoms with E-state index in [1.807, 2.05) is 0 Å². The summed E-state index contributed by atoms with van der Waals surface area (Å²) in [6.45, 7) is 4.71. The minimum Gasteiger partial charge on any atom is -0.462 e. The fourth-order valence-corrected chi connectivity index (χ4v) is 11.0. The van der Waals surface area contributed by atoms with Gasteiger partial charge in [-0.2, -0.15) is 0 Å². The molecule has 0 fully saturated rings. The molecule has 0 aliphatic heterocycles. The summed E-state index contributed by atoms with van der Waals surface area (Å²) < 4.78 is 67.5. The topological polar surface area (TPSA) is 237 Å². The van der Waals surface area contributed by atoms with Gasteiger partial charge in [0, 0.05) is 25.7 Å². The molecule has 17 nitrogen and oxygen atoms in total. The Kier molecular flexibility index (Phi) is 56.7. The van der Waals surface area contributed by atoms with Gasteiger partial charge in [-0.05, 0) is 25.7 Å². The number of unbranched alkanes of at least 4 members (excludes halogenated alkanes) is 38. The minimum absolute atomic E-state index is 0.0992. The minimum atomic E-state index is -4.94. The molecule has 5 atom stereocenters. The van der Waals surface area contributed by atoms with Gasteiger partial charge < -0.3 is 33.8 Å². The number of rotatable bonds is 64. The Balaban J connectivity index is 5.09. The molecule has 0 heterocycles. The van der Waals surface area contributed by atoms with E-state index in [2.05, 4.69) is 27.7 Å². The summed E-state index contributed by atoms with van der Waals surface area (Å²) in [5.41, 5.74) is 0. The van der Waals surface area contributed by atoms with Crippen molar-refractivity contribution in [1.29, 1.82) is 0 Å². The number of carbonyl (C=O) groups excluding carboxylic acids is 4. The van der Waals surface area contributed by atoms with Crippen LogP contribution >= 0.6 is 15.6 Å². The number of aliphatic hydroxyl groups is 1. The zero-order valence-electron chi connectivity index (χ0n) is 52.5. The quantitative estimate of drug-likeness (QED) is 0.0222. The number of hydrogen-bond acceptors (Lipinski definition) is 15. The van der Waals surface area contributed by atoms with Crippen LogP contribution in [0.5, 0.6) is 0 Å². The lowest BCUT2D eigenvalue weighted by Gasteiger charge is -2.21. The maximum atomic E-state index is 13.0. The van der Waals surface area contributed by atoms with Gasteiger partial charge in [0.2, 0.25) is 0 Å². The first kappa shape index (κ1) is 80.1. The highest BCUT2D eigenvalue weighted by Gasteiger charge is 2.30. The summed E-state index contributed by atoms with van der Waals surface area (Å²) in [6.07, 6.45) is 43.9. The number of carbonyl (C=O) groups is 4. The monoisotopic (exact) mass is 1210 g/mol. The normalized spacial score (nSPS) is 14.2. The second-order valence-corrected chi connectivity index (χ2v) is 25.7. The van der Waals surface area contributed by atoms with E-state index in [4.69, 9.17) is 37.0 Å². The van der Waals surface area contributed by atoms with Crippen LogP contribution in [0.15, 0.2) is 0 Å². The van der Waals surface area contributed by atoms with Crippen LogP contribution < -0.4 is 0 Å². The number of hydrogen-bond donors (Lipinski definition) is 3. The van der Waals surface area contributed by atoms with E-state index in [0.717, 1.165) is 96.3 Å². The average molecular weight is 1210 g/mol. The van der Waals surface area contributed by atoms with Gasteiger partial charge in [-0.1, -0.05) is 272 Å². The van der Waals surface area contributed by atoms with Crippen LogP contribution in [-0.2, 0) is 65.4 Å². The molecule has 3 N–H and O–H groups in total. The standard InChI is InChI=1S/C63H122O17P2/c1-5-9-13-17-19-21-23-25-27-28-30-32-34-36-38-42-46-50-63(68)80-59(54-74-61(66)48-44-41-37-35-33-31-29-26-24-22-20-18-14-10-6-2)56-78-82(71,72)76-52-57(64)51-75-81(69,70)77-55-58(79-62(67)49-45-40-16-12-8-4)53-73-60(65)47-43-39-15-11-7-3/h57-59,64H,5-56H2,1-4H3,(H,69,70)(H,71,72)/t57-,58+,59+/m0/s1. The molecule has 0 saturated carbocycles. The Bertz CT molecular complexity index is 1590. The molecular formula is C63H122O17P2. The van der Waals surface area contributed by atoms with E-state index in [0.29, 0.717) is 25.7 Å². The van der Waals surface area contributed by atoms with E-state index in [1.54, 1.807) is 0 Å². The molecule has 2 unspecified atom stereocenters. The molecule has 0 aromatic rings. The van der Waals surface area contributed by atoms with Crippen LogP contribution in [0.2, 0.25) is 0 Å². The maximum Gasteiger partial charge on any atom is 0.472 e. The van der Waals surface area contributed by atoms with Crippen molar-refractivity contribution in [3.8, 4) is 0 Å². The fraction of sp³-hybridized carbons (Fsp3) is 0.937. The summed E-state index contributed by atoms with van der Waals surface area (Å²) in [5, 5.41) is 10.5. The predicted molar refractivity (Wildman–Crippen MR) is 326 cm³/mol. The number of esters is 4. The van der Waals surface area contributed by atoms with E-state index in [-0.39, 0.29) is 25.7 Å². The number of aliphatic hydroxyl groups excluding tert-OH is 1. The molecule has 0 bridgehead atoms. The van der Waals surface area contributed by atoms with Crippen LogP contribution in [0, 0.1) is 0 Å². The third-order valence-electron chi connectivity index (χ3n) is 14.6. The first-order valence-corrected chi connectivity index (χ1v) is 36.3. The van der Waals surface area contributed by atoms with E-state index in [1.165, 1.54) is 148 Å². The molecular weight excluding hydrogens is 1090 g/mol. The van der Waals surface area contributed by atoms with Gasteiger partial charge in [-0.25, -0.2) is 9.13 Å². The van der Waals surface area contributed by atoms with E-state index >= 15 is 0 Å². The molecule has 82 heavy (non-hydrogen) atoms. The molecule has 0 aliphatic rings. The average Bonchev–Trinajstić information content (AvgIpc) is 3.45. The summed E-state index contributed by atoms with van der Waals surface area (Å²) in [7, 11) is -9.86. The van der Waals surface area contributed by atoms with Gasteiger partial charge in [0.05, 0.1) is 26.4 Å². The Hall–Kier alpha value is -1.94. The van der Waals surface area contributed by atoms with Crippen molar-refractivity contribution >= 4 is 39.5 Å². The van der Waals surface area contributed by atoms with Gasteiger partial charge in [0.25, 0.3) is 0 Å². The molecule has 486 valence electrons. The third-order valence-corrected chi connectivity index (χ3v) is 16.5. The van der Waals surface area contributed by atoms with Crippen molar-refractivity contribution in [1.82, 2.24) is 0 Å².